The number of nitrogens with zero attached hydrogens (tertiary/aromatic N) is 2. The van der Waals surface area contributed by atoms with Gasteiger partial charge in [0, 0.05) is 12.1 Å². The fraction of sp³-hybridized carbons (Fsp3) is 0.286. The zero-order valence-electron chi connectivity index (χ0n) is 17.9. The number of rotatable bonds is 9. The van der Waals surface area contributed by atoms with Gasteiger partial charge in [-0.3, -0.25) is 14.7 Å². The molecular formula is C21H23N5O4S2. The Labute approximate surface area is 193 Å². The lowest BCUT2D eigenvalue weighted by Crippen LogP contribution is -2.18. The van der Waals surface area contributed by atoms with Gasteiger partial charge in [0.1, 0.15) is 15.7 Å². The van der Waals surface area contributed by atoms with Crippen molar-refractivity contribution in [1.82, 2.24) is 15.2 Å². The number of carbonyl (C=O) groups excluding carboxylic acids is 3. The molecule has 0 bridgehead atoms. The molecule has 3 N–H and O–H groups in total. The van der Waals surface area contributed by atoms with Gasteiger partial charge in [-0.15, -0.1) is 16.4 Å². The van der Waals surface area contributed by atoms with Gasteiger partial charge in [-0.05, 0) is 31.5 Å². The Hall–Kier alpha value is -3.18. The van der Waals surface area contributed by atoms with E-state index in [9.17, 15) is 14.4 Å². The van der Waals surface area contributed by atoms with Crippen LogP contribution < -0.4 is 10.6 Å². The Morgan fingerprint density at radius 1 is 1.16 bits per heavy atom. The fourth-order valence-corrected chi connectivity index (χ4v) is 4.51. The highest BCUT2D eigenvalue weighted by molar-refractivity contribution is 7.99. The number of hydrogen-bond acceptors (Lipinski definition) is 8. The topological polar surface area (TPSA) is 126 Å². The number of aryl methyl sites for hydroxylation is 1. The van der Waals surface area contributed by atoms with E-state index < -0.39 is 11.9 Å². The van der Waals surface area contributed by atoms with Gasteiger partial charge in [0.15, 0.2) is 0 Å². The average molecular weight is 474 g/mol. The standard InChI is InChI=1S/C21H23N5O4S2/c1-4-14-23-21(26-25-14)31-11-15(27)24-19-16(12(3)17(32-19)20(29)30-5-2)18(28)22-13-9-7-6-8-10-13/h6-10H,4-5,11H2,1-3H3,(H,22,28)(H,24,27)(H,23,25,26). The van der Waals surface area contributed by atoms with Crippen molar-refractivity contribution >= 4 is 51.6 Å². The lowest BCUT2D eigenvalue weighted by atomic mass is 10.1. The first-order valence-electron chi connectivity index (χ1n) is 9.93. The second-order valence-electron chi connectivity index (χ2n) is 6.56. The molecule has 3 rings (SSSR count). The minimum absolute atomic E-state index is 0.0481. The van der Waals surface area contributed by atoms with Gasteiger partial charge in [-0.25, -0.2) is 9.78 Å². The summed E-state index contributed by atoms with van der Waals surface area (Å²) in [5, 5.41) is 13.1. The Kier molecular flexibility index (Phi) is 8.01. The molecule has 11 heteroatoms. The lowest BCUT2D eigenvalue weighted by molar-refractivity contribution is -0.113. The number of carbonyl (C=O) groups is 3. The molecule has 0 atom stereocenters. The van der Waals surface area contributed by atoms with Crippen LogP contribution >= 0.6 is 23.1 Å². The average Bonchev–Trinajstić information content (AvgIpc) is 3.37. The number of aromatic nitrogens is 3. The Bertz CT molecular complexity index is 1110. The third kappa shape index (κ3) is 5.74. The first-order valence-corrected chi connectivity index (χ1v) is 11.7. The molecule has 1 aromatic carbocycles. The van der Waals surface area contributed by atoms with Crippen LogP contribution in [-0.2, 0) is 16.0 Å². The SMILES string of the molecule is CCOC(=O)c1sc(NC(=O)CSc2n[nH]c(CC)n2)c(C(=O)Nc2ccccc2)c1C. The monoisotopic (exact) mass is 473 g/mol. The van der Waals surface area contributed by atoms with Crippen LogP contribution in [0.4, 0.5) is 10.7 Å². The van der Waals surface area contributed by atoms with Crippen LogP contribution in [0, 0.1) is 6.92 Å². The van der Waals surface area contributed by atoms with E-state index in [2.05, 4.69) is 25.8 Å². The highest BCUT2D eigenvalue weighted by Crippen LogP contribution is 2.34. The van der Waals surface area contributed by atoms with Gasteiger partial charge in [0.2, 0.25) is 11.1 Å². The second kappa shape index (κ2) is 10.9. The van der Waals surface area contributed by atoms with Crippen molar-refractivity contribution in [3.05, 3.63) is 52.2 Å². The van der Waals surface area contributed by atoms with E-state index in [4.69, 9.17) is 4.74 Å². The second-order valence-corrected chi connectivity index (χ2v) is 8.52. The summed E-state index contributed by atoms with van der Waals surface area (Å²) in [4.78, 5) is 42.5. The zero-order chi connectivity index (χ0) is 23.1. The van der Waals surface area contributed by atoms with Crippen LogP contribution in [0.2, 0.25) is 0 Å². The summed E-state index contributed by atoms with van der Waals surface area (Å²) in [6.07, 6.45) is 0.713. The number of aromatic amines is 1. The maximum Gasteiger partial charge on any atom is 0.348 e. The molecule has 2 heterocycles. The first kappa shape index (κ1) is 23.5. The number of anilines is 2. The summed E-state index contributed by atoms with van der Waals surface area (Å²) in [6.45, 7) is 5.52. The lowest BCUT2D eigenvalue weighted by Gasteiger charge is -2.08. The molecule has 0 aliphatic carbocycles. The molecule has 0 unspecified atom stereocenters. The van der Waals surface area contributed by atoms with E-state index in [-0.39, 0.29) is 33.7 Å². The van der Waals surface area contributed by atoms with Crippen molar-refractivity contribution < 1.29 is 19.1 Å². The predicted molar refractivity (Wildman–Crippen MR) is 125 cm³/mol. The van der Waals surface area contributed by atoms with Gasteiger partial charge < -0.3 is 15.4 Å². The van der Waals surface area contributed by atoms with Crippen molar-refractivity contribution in [1.29, 1.82) is 0 Å². The number of hydrogen-bond donors (Lipinski definition) is 3. The summed E-state index contributed by atoms with van der Waals surface area (Å²) in [5.41, 5.74) is 1.28. The molecule has 0 spiro atoms. The van der Waals surface area contributed by atoms with Crippen LogP contribution in [0.1, 0.15) is 45.3 Å². The van der Waals surface area contributed by atoms with E-state index >= 15 is 0 Å². The van der Waals surface area contributed by atoms with E-state index in [1.165, 1.54) is 11.8 Å². The van der Waals surface area contributed by atoms with Crippen LogP contribution in [0.5, 0.6) is 0 Å². The largest absolute Gasteiger partial charge is 0.462 e. The fourth-order valence-electron chi connectivity index (χ4n) is 2.77. The third-order valence-electron chi connectivity index (χ3n) is 4.30. The molecule has 9 nitrogen and oxygen atoms in total. The molecule has 0 aliphatic rings. The van der Waals surface area contributed by atoms with Crippen molar-refractivity contribution in [2.24, 2.45) is 0 Å². The quantitative estimate of drug-likeness (QED) is 0.318. The number of thioether (sulfide) groups is 1. The van der Waals surface area contributed by atoms with Crippen molar-refractivity contribution in [3.8, 4) is 0 Å². The number of H-pyrrole nitrogens is 1. The number of para-hydroxylation sites is 1. The Morgan fingerprint density at radius 3 is 2.56 bits per heavy atom. The molecule has 32 heavy (non-hydrogen) atoms. The first-order chi connectivity index (χ1) is 15.4. The molecule has 0 fully saturated rings. The number of nitrogens with one attached hydrogen (secondary N) is 3. The summed E-state index contributed by atoms with van der Waals surface area (Å²) in [7, 11) is 0. The highest BCUT2D eigenvalue weighted by atomic mass is 32.2. The minimum atomic E-state index is -0.536. The number of thiophene rings is 1. The van der Waals surface area contributed by atoms with Gasteiger partial charge in [0.05, 0.1) is 17.9 Å². The third-order valence-corrected chi connectivity index (χ3v) is 6.33. The van der Waals surface area contributed by atoms with E-state index in [0.29, 0.717) is 22.8 Å². The zero-order valence-corrected chi connectivity index (χ0v) is 19.5. The van der Waals surface area contributed by atoms with Gasteiger partial charge in [0.25, 0.3) is 5.91 Å². The smallest absolute Gasteiger partial charge is 0.348 e. The maximum absolute atomic E-state index is 13.0. The molecular weight excluding hydrogens is 450 g/mol. The molecule has 0 saturated heterocycles. The van der Waals surface area contributed by atoms with Gasteiger partial charge in [-0.1, -0.05) is 36.9 Å². The number of benzene rings is 1. The van der Waals surface area contributed by atoms with Crippen molar-refractivity contribution in [2.45, 2.75) is 32.3 Å². The number of amides is 2. The van der Waals surface area contributed by atoms with E-state index in [0.717, 1.165) is 17.2 Å². The molecule has 0 saturated carbocycles. The molecule has 3 aromatic rings. The Balaban J connectivity index is 1.80. The predicted octanol–water partition coefficient (Wildman–Crippen LogP) is 3.90. The number of esters is 1. The molecule has 2 amide bonds. The van der Waals surface area contributed by atoms with Crippen LogP contribution in [0.3, 0.4) is 0 Å². The highest BCUT2D eigenvalue weighted by Gasteiger charge is 2.26. The maximum atomic E-state index is 13.0. The number of ether oxygens (including phenoxy) is 1. The van der Waals surface area contributed by atoms with E-state index in [1.54, 1.807) is 38.1 Å². The molecule has 0 radical (unpaired) electrons. The summed E-state index contributed by atoms with van der Waals surface area (Å²) in [5.74, 6) is -0.521. The van der Waals surface area contributed by atoms with Crippen molar-refractivity contribution in [3.63, 3.8) is 0 Å². The van der Waals surface area contributed by atoms with Gasteiger partial charge >= 0.3 is 5.97 Å². The molecule has 0 aliphatic heterocycles. The molecule has 2 aromatic heterocycles. The van der Waals surface area contributed by atoms with Crippen molar-refractivity contribution in [2.75, 3.05) is 23.0 Å². The van der Waals surface area contributed by atoms with Crippen LogP contribution in [0.25, 0.3) is 0 Å². The molecule has 168 valence electrons. The normalized spacial score (nSPS) is 10.6. The van der Waals surface area contributed by atoms with Crippen LogP contribution in [-0.4, -0.2) is 45.3 Å². The van der Waals surface area contributed by atoms with E-state index in [1.807, 2.05) is 13.0 Å². The summed E-state index contributed by atoms with van der Waals surface area (Å²) >= 11 is 2.19. The summed E-state index contributed by atoms with van der Waals surface area (Å²) in [6, 6.07) is 8.94. The minimum Gasteiger partial charge on any atom is -0.462 e. The Morgan fingerprint density at radius 2 is 1.91 bits per heavy atom. The summed E-state index contributed by atoms with van der Waals surface area (Å²) < 4.78 is 5.10. The van der Waals surface area contributed by atoms with Gasteiger partial charge in [-0.2, -0.15) is 0 Å². The van der Waals surface area contributed by atoms with Crippen LogP contribution in [0.15, 0.2) is 35.5 Å².